The van der Waals surface area contributed by atoms with Crippen molar-refractivity contribution in [3.63, 3.8) is 0 Å². The summed E-state index contributed by atoms with van der Waals surface area (Å²) >= 11 is 5.21. The minimum Gasteiger partial charge on any atom is -0.370 e. The van der Waals surface area contributed by atoms with Crippen molar-refractivity contribution in [1.82, 2.24) is 9.97 Å². The fourth-order valence-electron chi connectivity index (χ4n) is 1.77. The molecule has 0 amide bonds. The number of thiophene rings is 1. The van der Waals surface area contributed by atoms with Crippen molar-refractivity contribution in [2.45, 2.75) is 39.7 Å². The van der Waals surface area contributed by atoms with E-state index in [4.69, 9.17) is 0 Å². The van der Waals surface area contributed by atoms with Gasteiger partial charge >= 0.3 is 0 Å². The number of aromatic nitrogens is 2. The fraction of sp³-hybridized carbons (Fsp3) is 0.467. The normalized spacial score (nSPS) is 11.5. The summed E-state index contributed by atoms with van der Waals surface area (Å²) in [6.45, 7) is 10.0. The number of nitrogens with one attached hydrogen (secondary N) is 2. The van der Waals surface area contributed by atoms with E-state index in [1.807, 2.05) is 6.07 Å². The van der Waals surface area contributed by atoms with Crippen molar-refractivity contribution in [3.8, 4) is 0 Å². The van der Waals surface area contributed by atoms with Gasteiger partial charge in [0.1, 0.15) is 17.5 Å². The molecule has 0 saturated heterocycles. The third-order valence-electron chi connectivity index (χ3n) is 2.83. The van der Waals surface area contributed by atoms with Crippen LogP contribution in [-0.2, 0) is 12.0 Å². The second-order valence-electron chi connectivity index (χ2n) is 5.80. The average Bonchev–Trinajstić information content (AvgIpc) is 2.81. The van der Waals surface area contributed by atoms with Crippen molar-refractivity contribution in [1.29, 1.82) is 0 Å². The largest absolute Gasteiger partial charge is 0.370 e. The van der Waals surface area contributed by atoms with Gasteiger partial charge in [-0.05, 0) is 35.0 Å². The second-order valence-corrected chi connectivity index (χ2v) is 8.35. The number of anilines is 2. The summed E-state index contributed by atoms with van der Waals surface area (Å²) in [6, 6.07) is 6.13. The molecule has 0 aliphatic rings. The molecule has 0 unspecified atom stereocenters. The number of halogens is 1. The summed E-state index contributed by atoms with van der Waals surface area (Å²) in [4.78, 5) is 10.5. The second kappa shape index (κ2) is 6.75. The average molecular weight is 369 g/mol. The Kier molecular flexibility index (Phi) is 5.22. The monoisotopic (exact) mass is 368 g/mol. The maximum absolute atomic E-state index is 4.64. The Bertz CT molecular complexity index is 604. The molecule has 0 atom stereocenters. The van der Waals surface area contributed by atoms with Gasteiger partial charge < -0.3 is 10.6 Å². The Morgan fingerprint density at radius 2 is 1.81 bits per heavy atom. The van der Waals surface area contributed by atoms with Crippen molar-refractivity contribution < 1.29 is 0 Å². The van der Waals surface area contributed by atoms with Crippen LogP contribution in [0.4, 0.5) is 11.6 Å². The van der Waals surface area contributed by atoms with E-state index in [9.17, 15) is 0 Å². The molecule has 114 valence electrons. The van der Waals surface area contributed by atoms with E-state index in [2.05, 4.69) is 76.4 Å². The van der Waals surface area contributed by atoms with Crippen molar-refractivity contribution in [3.05, 3.63) is 32.7 Å². The van der Waals surface area contributed by atoms with Gasteiger partial charge in [-0.2, -0.15) is 0 Å². The number of rotatable bonds is 5. The van der Waals surface area contributed by atoms with Gasteiger partial charge in [-0.25, -0.2) is 9.97 Å². The molecule has 6 heteroatoms. The maximum Gasteiger partial charge on any atom is 0.138 e. The predicted molar refractivity (Wildman–Crippen MR) is 94.2 cm³/mol. The molecule has 21 heavy (non-hydrogen) atoms. The van der Waals surface area contributed by atoms with Crippen molar-refractivity contribution in [2.75, 3.05) is 17.2 Å². The molecular formula is C15H21BrN4S. The third kappa shape index (κ3) is 4.68. The molecule has 0 aromatic carbocycles. The van der Waals surface area contributed by atoms with Crippen molar-refractivity contribution >= 4 is 38.9 Å². The lowest BCUT2D eigenvalue weighted by molar-refractivity contribution is 0.546. The zero-order valence-corrected chi connectivity index (χ0v) is 15.2. The number of nitrogens with zero attached hydrogens (tertiary/aromatic N) is 2. The lowest BCUT2D eigenvalue weighted by Crippen LogP contribution is -2.18. The first-order chi connectivity index (χ1) is 9.88. The molecule has 4 nitrogen and oxygen atoms in total. The molecule has 2 N–H and O–H groups in total. The van der Waals surface area contributed by atoms with E-state index in [0.717, 1.165) is 34.3 Å². The van der Waals surface area contributed by atoms with Crippen LogP contribution in [0.1, 0.15) is 38.4 Å². The maximum atomic E-state index is 4.64. The summed E-state index contributed by atoms with van der Waals surface area (Å²) in [7, 11) is 0. The Labute approximate surface area is 138 Å². The Balaban J connectivity index is 2.19. The molecule has 0 spiro atoms. The number of hydrogen-bond acceptors (Lipinski definition) is 5. The van der Waals surface area contributed by atoms with Gasteiger partial charge in [-0.3, -0.25) is 0 Å². The first-order valence-electron chi connectivity index (χ1n) is 7.00. The van der Waals surface area contributed by atoms with Gasteiger partial charge in [0.15, 0.2) is 0 Å². The minimum atomic E-state index is -0.0756. The van der Waals surface area contributed by atoms with Gasteiger partial charge in [-0.1, -0.05) is 20.8 Å². The van der Waals surface area contributed by atoms with E-state index in [0.29, 0.717) is 0 Å². The Morgan fingerprint density at radius 3 is 2.33 bits per heavy atom. The molecule has 0 aliphatic carbocycles. The van der Waals surface area contributed by atoms with Crippen molar-refractivity contribution in [2.24, 2.45) is 0 Å². The summed E-state index contributed by atoms with van der Waals surface area (Å²) in [5, 5.41) is 6.65. The molecule has 0 saturated carbocycles. The van der Waals surface area contributed by atoms with Crippen LogP contribution in [0.5, 0.6) is 0 Å². The highest BCUT2D eigenvalue weighted by atomic mass is 79.9. The van der Waals surface area contributed by atoms with Gasteiger partial charge in [0.25, 0.3) is 0 Å². The highest BCUT2D eigenvalue weighted by molar-refractivity contribution is 9.11. The van der Waals surface area contributed by atoms with Crippen LogP contribution in [0, 0.1) is 0 Å². The Hall–Kier alpha value is -1.14. The van der Waals surface area contributed by atoms with Gasteiger partial charge in [0.05, 0.1) is 10.3 Å². The topological polar surface area (TPSA) is 49.8 Å². The molecule has 0 radical (unpaired) electrons. The summed E-state index contributed by atoms with van der Waals surface area (Å²) < 4.78 is 1.14. The highest BCUT2D eigenvalue weighted by Crippen LogP contribution is 2.25. The molecule has 2 aromatic heterocycles. The van der Waals surface area contributed by atoms with Gasteiger partial charge in [0, 0.05) is 22.9 Å². The van der Waals surface area contributed by atoms with E-state index in [1.54, 1.807) is 11.3 Å². The SMILES string of the molecule is CCNc1cc(NCc2ccc(Br)s2)nc(C(C)(C)C)n1. The van der Waals surface area contributed by atoms with Crippen LogP contribution in [0.25, 0.3) is 0 Å². The molecule has 2 heterocycles. The minimum absolute atomic E-state index is 0.0756. The van der Waals surface area contributed by atoms with Crippen LogP contribution in [-0.4, -0.2) is 16.5 Å². The molecule has 0 fully saturated rings. The molecule has 2 aromatic rings. The lowest BCUT2D eigenvalue weighted by Gasteiger charge is -2.19. The van der Waals surface area contributed by atoms with Gasteiger partial charge in [-0.15, -0.1) is 11.3 Å². The summed E-state index contributed by atoms with van der Waals surface area (Å²) in [5.74, 6) is 2.57. The highest BCUT2D eigenvalue weighted by Gasteiger charge is 2.19. The third-order valence-corrected chi connectivity index (χ3v) is 4.45. The standard InChI is InChI=1S/C15H21BrN4S/c1-5-17-12-8-13(20-14(19-12)15(2,3)4)18-9-10-6-7-11(16)21-10/h6-8H,5,9H2,1-4H3,(H2,17,18,19,20). The lowest BCUT2D eigenvalue weighted by atomic mass is 9.96. The molecular weight excluding hydrogens is 348 g/mol. The van der Waals surface area contributed by atoms with Crippen LogP contribution >= 0.6 is 27.3 Å². The first-order valence-corrected chi connectivity index (χ1v) is 8.61. The van der Waals surface area contributed by atoms with Gasteiger partial charge in [0.2, 0.25) is 0 Å². The quantitative estimate of drug-likeness (QED) is 0.806. The fourth-order valence-corrected chi connectivity index (χ4v) is 3.19. The van der Waals surface area contributed by atoms with E-state index in [-0.39, 0.29) is 5.41 Å². The van der Waals surface area contributed by atoms with Crippen LogP contribution in [0.15, 0.2) is 22.0 Å². The number of hydrogen-bond donors (Lipinski definition) is 2. The van der Waals surface area contributed by atoms with E-state index < -0.39 is 0 Å². The smallest absolute Gasteiger partial charge is 0.138 e. The van der Waals surface area contributed by atoms with Crippen LogP contribution in [0.3, 0.4) is 0 Å². The summed E-state index contributed by atoms with van der Waals surface area (Å²) in [6.07, 6.45) is 0. The first kappa shape index (κ1) is 16.2. The van der Waals surface area contributed by atoms with Crippen LogP contribution < -0.4 is 10.6 Å². The van der Waals surface area contributed by atoms with Crippen LogP contribution in [0.2, 0.25) is 0 Å². The summed E-state index contributed by atoms with van der Waals surface area (Å²) in [5.41, 5.74) is -0.0756. The molecule has 2 rings (SSSR count). The predicted octanol–water partition coefficient (Wildman–Crippen LogP) is 4.64. The zero-order valence-electron chi connectivity index (χ0n) is 12.8. The Morgan fingerprint density at radius 1 is 1.14 bits per heavy atom. The molecule has 0 bridgehead atoms. The molecule has 0 aliphatic heterocycles. The zero-order chi connectivity index (χ0) is 15.5. The van der Waals surface area contributed by atoms with E-state index in [1.165, 1.54) is 4.88 Å². The van der Waals surface area contributed by atoms with E-state index >= 15 is 0 Å².